The van der Waals surface area contributed by atoms with E-state index in [9.17, 15) is 9.90 Å². The molecule has 1 aromatic carbocycles. The summed E-state index contributed by atoms with van der Waals surface area (Å²) in [5, 5.41) is 13.6. The van der Waals surface area contributed by atoms with E-state index in [2.05, 4.69) is 5.10 Å². The van der Waals surface area contributed by atoms with Gasteiger partial charge in [-0.2, -0.15) is 5.10 Å². The van der Waals surface area contributed by atoms with Crippen LogP contribution in [0.25, 0.3) is 16.6 Å². The predicted molar refractivity (Wildman–Crippen MR) is 85.2 cm³/mol. The number of hydrogen-bond acceptors (Lipinski definition) is 2. The molecule has 0 fully saturated rings. The van der Waals surface area contributed by atoms with Gasteiger partial charge in [-0.1, -0.05) is 54.6 Å². The van der Waals surface area contributed by atoms with Gasteiger partial charge < -0.3 is 5.11 Å². The Bertz CT molecular complexity index is 858. The van der Waals surface area contributed by atoms with E-state index in [0.717, 1.165) is 11.1 Å². The molecule has 4 nitrogen and oxygen atoms in total. The van der Waals surface area contributed by atoms with Crippen molar-refractivity contribution >= 4 is 11.5 Å². The fourth-order valence-corrected chi connectivity index (χ4v) is 2.32. The van der Waals surface area contributed by atoms with Gasteiger partial charge in [0.25, 0.3) is 0 Å². The van der Waals surface area contributed by atoms with Crippen LogP contribution in [0.15, 0.2) is 79.1 Å². The number of aromatic nitrogens is 2. The minimum Gasteiger partial charge on any atom is -0.478 e. The lowest BCUT2D eigenvalue weighted by Crippen LogP contribution is -2.04. The van der Waals surface area contributed by atoms with Crippen LogP contribution in [0.3, 0.4) is 0 Å². The summed E-state index contributed by atoms with van der Waals surface area (Å²) >= 11 is 0. The van der Waals surface area contributed by atoms with E-state index < -0.39 is 5.97 Å². The van der Waals surface area contributed by atoms with Gasteiger partial charge in [-0.15, -0.1) is 0 Å². The molecular formula is C18H14N2O2. The Hall–Kier alpha value is -3.14. The Kier molecular flexibility index (Phi) is 3.83. The van der Waals surface area contributed by atoms with E-state index in [1.165, 1.54) is 6.20 Å². The highest BCUT2D eigenvalue weighted by Gasteiger charge is 2.15. The summed E-state index contributed by atoms with van der Waals surface area (Å²) in [4.78, 5) is 11.6. The van der Waals surface area contributed by atoms with Crippen molar-refractivity contribution in [3.63, 3.8) is 0 Å². The lowest BCUT2D eigenvalue weighted by atomic mass is 10.0. The summed E-state index contributed by atoms with van der Waals surface area (Å²) in [6.45, 7) is 0. The summed E-state index contributed by atoms with van der Waals surface area (Å²) in [5.74, 6) is -0.989. The average molecular weight is 290 g/mol. The van der Waals surface area contributed by atoms with Crippen LogP contribution in [0, 0.1) is 0 Å². The Morgan fingerprint density at radius 3 is 2.18 bits per heavy atom. The topological polar surface area (TPSA) is 54.6 Å². The standard InChI is InChI=1S/C18H14N2O2/c21-18(22)15-13-19-20-12-8-11-16(20)17(15)14-9-6-4-2-1-3-5-7-10-14/h1-13H,(H,21,22). The van der Waals surface area contributed by atoms with Crippen molar-refractivity contribution in [2.45, 2.75) is 0 Å². The van der Waals surface area contributed by atoms with Crippen LogP contribution < -0.4 is 0 Å². The van der Waals surface area contributed by atoms with Gasteiger partial charge in [0.15, 0.2) is 0 Å². The van der Waals surface area contributed by atoms with Gasteiger partial charge in [0.2, 0.25) is 0 Å². The molecule has 0 amide bonds. The highest BCUT2D eigenvalue weighted by molar-refractivity contribution is 6.00. The summed E-state index contributed by atoms with van der Waals surface area (Å²) < 4.78 is 1.68. The summed E-state index contributed by atoms with van der Waals surface area (Å²) in [7, 11) is 0. The van der Waals surface area contributed by atoms with Crippen molar-refractivity contribution in [2.24, 2.45) is 0 Å². The van der Waals surface area contributed by atoms with E-state index in [1.807, 2.05) is 66.7 Å². The van der Waals surface area contributed by atoms with Crippen LogP contribution in [-0.4, -0.2) is 20.7 Å². The first-order valence-corrected chi connectivity index (χ1v) is 6.86. The molecule has 0 atom stereocenters. The zero-order chi connectivity index (χ0) is 15.4. The van der Waals surface area contributed by atoms with E-state index in [1.54, 1.807) is 10.7 Å². The first kappa shape index (κ1) is 13.8. The quantitative estimate of drug-likeness (QED) is 0.780. The van der Waals surface area contributed by atoms with Gasteiger partial charge in [-0.05, 0) is 17.7 Å². The van der Waals surface area contributed by atoms with Gasteiger partial charge in [0.05, 0.1) is 17.3 Å². The second-order valence-electron chi connectivity index (χ2n) is 4.71. The van der Waals surface area contributed by atoms with Crippen molar-refractivity contribution in [1.29, 1.82) is 0 Å². The number of aromatic carboxylic acids is 1. The van der Waals surface area contributed by atoms with Gasteiger partial charge in [-0.3, -0.25) is 0 Å². The summed E-state index contributed by atoms with van der Waals surface area (Å²) in [5.41, 5.74) is 2.43. The molecule has 22 heavy (non-hydrogen) atoms. The third kappa shape index (κ3) is 2.67. The maximum Gasteiger partial charge on any atom is 0.338 e. The van der Waals surface area contributed by atoms with E-state index in [-0.39, 0.29) is 5.56 Å². The Labute approximate surface area is 127 Å². The normalized spacial score (nSPS) is 10.2. The zero-order valence-electron chi connectivity index (χ0n) is 11.8. The summed E-state index contributed by atoms with van der Waals surface area (Å²) in [6, 6.07) is 20.9. The lowest BCUT2D eigenvalue weighted by molar-refractivity contribution is 0.0697. The zero-order valence-corrected chi connectivity index (χ0v) is 11.8. The molecule has 0 radical (unpaired) electrons. The predicted octanol–water partition coefficient (Wildman–Crippen LogP) is 3.82. The fraction of sp³-hybridized carbons (Fsp3) is 0. The average Bonchev–Trinajstić information content (AvgIpc) is 3.00. The molecule has 0 unspecified atom stereocenters. The third-order valence-electron chi connectivity index (χ3n) is 3.30. The number of carbonyl (C=O) groups is 1. The minimum absolute atomic E-state index is 0.187. The molecule has 0 aliphatic rings. The number of nitrogens with zero attached hydrogens (tertiary/aromatic N) is 2. The molecular weight excluding hydrogens is 276 g/mol. The van der Waals surface area contributed by atoms with Gasteiger partial charge in [0, 0.05) is 11.8 Å². The highest BCUT2D eigenvalue weighted by atomic mass is 16.4. The molecule has 3 rings (SSSR count). The van der Waals surface area contributed by atoms with Crippen molar-refractivity contribution in [2.75, 3.05) is 0 Å². The minimum atomic E-state index is -0.989. The molecule has 2 heterocycles. The van der Waals surface area contributed by atoms with Crippen LogP contribution in [0.4, 0.5) is 0 Å². The molecule has 3 aromatic rings. The SMILES string of the molecule is O=C(O)c1cnn2cccc2c1-c1ccccccccc1. The third-order valence-corrected chi connectivity index (χ3v) is 3.30. The largest absolute Gasteiger partial charge is 0.478 e. The van der Waals surface area contributed by atoms with Crippen molar-refractivity contribution in [1.82, 2.24) is 9.61 Å². The van der Waals surface area contributed by atoms with Gasteiger partial charge >= 0.3 is 5.97 Å². The van der Waals surface area contributed by atoms with Crippen molar-refractivity contribution in [3.8, 4) is 11.1 Å². The molecule has 0 spiro atoms. The van der Waals surface area contributed by atoms with Crippen LogP contribution in [-0.2, 0) is 0 Å². The number of hydrogen-bond donors (Lipinski definition) is 1. The monoisotopic (exact) mass is 290 g/mol. The molecule has 2 aromatic heterocycles. The number of fused-ring (bicyclic) bond motifs is 1. The smallest absolute Gasteiger partial charge is 0.338 e. The summed E-state index contributed by atoms with van der Waals surface area (Å²) in [6.07, 6.45) is 3.19. The second kappa shape index (κ2) is 6.10. The number of rotatable bonds is 2. The Morgan fingerprint density at radius 2 is 1.55 bits per heavy atom. The molecule has 0 bridgehead atoms. The van der Waals surface area contributed by atoms with Crippen LogP contribution in [0.1, 0.15) is 10.4 Å². The van der Waals surface area contributed by atoms with Gasteiger partial charge in [0.1, 0.15) is 0 Å². The molecule has 108 valence electrons. The second-order valence-corrected chi connectivity index (χ2v) is 4.71. The number of carboxylic acids is 1. The molecule has 0 aliphatic heterocycles. The van der Waals surface area contributed by atoms with E-state index in [4.69, 9.17) is 0 Å². The maximum absolute atomic E-state index is 11.6. The molecule has 0 aliphatic carbocycles. The fourth-order valence-electron chi connectivity index (χ4n) is 2.32. The Morgan fingerprint density at radius 1 is 0.909 bits per heavy atom. The molecule has 4 heteroatoms. The molecule has 1 N–H and O–H groups in total. The van der Waals surface area contributed by atoms with Crippen LogP contribution >= 0.6 is 0 Å². The van der Waals surface area contributed by atoms with E-state index in [0.29, 0.717) is 5.56 Å². The Balaban J connectivity index is 2.36. The highest BCUT2D eigenvalue weighted by Crippen LogP contribution is 2.27. The van der Waals surface area contributed by atoms with Crippen LogP contribution in [0.5, 0.6) is 0 Å². The van der Waals surface area contributed by atoms with Gasteiger partial charge in [-0.25, -0.2) is 9.31 Å². The molecule has 0 saturated heterocycles. The molecule has 0 saturated carbocycles. The van der Waals surface area contributed by atoms with Crippen LogP contribution in [0.2, 0.25) is 0 Å². The first-order valence-electron chi connectivity index (χ1n) is 6.86. The number of carboxylic acid groups (broad SMARTS) is 1. The first-order chi connectivity index (χ1) is 10.8. The lowest BCUT2D eigenvalue weighted by Gasteiger charge is -2.07. The van der Waals surface area contributed by atoms with Crippen molar-refractivity contribution < 1.29 is 9.90 Å². The van der Waals surface area contributed by atoms with Crippen molar-refractivity contribution in [3.05, 3.63) is 84.7 Å². The maximum atomic E-state index is 11.6. The van der Waals surface area contributed by atoms with E-state index >= 15 is 0 Å².